The number of rotatable bonds is 2. The van der Waals surface area contributed by atoms with E-state index in [0.717, 1.165) is 30.8 Å². The minimum absolute atomic E-state index is 0.0617. The number of likely N-dealkylation sites (tertiary alicyclic amines) is 1. The third kappa shape index (κ3) is 2.82. The minimum Gasteiger partial charge on any atom is -0.347 e. The van der Waals surface area contributed by atoms with Crippen LogP contribution in [0.1, 0.15) is 28.2 Å². The molecule has 0 aromatic carbocycles. The molecule has 17 heavy (non-hydrogen) atoms. The second-order valence-corrected chi connectivity index (χ2v) is 4.82. The van der Waals surface area contributed by atoms with Gasteiger partial charge in [0.25, 0.3) is 5.91 Å². The molecule has 1 aliphatic heterocycles. The highest BCUT2D eigenvalue weighted by molar-refractivity contribution is 5.92. The molecule has 0 aliphatic carbocycles. The van der Waals surface area contributed by atoms with Crippen LogP contribution in [0.4, 0.5) is 0 Å². The van der Waals surface area contributed by atoms with Crippen molar-refractivity contribution in [1.29, 1.82) is 0 Å². The number of carbonyl (C=O) groups excluding carboxylic acids is 1. The van der Waals surface area contributed by atoms with E-state index in [2.05, 4.69) is 22.2 Å². The molecule has 2 rings (SSSR count). The zero-order chi connectivity index (χ0) is 12.4. The molecule has 0 saturated carbocycles. The third-order valence-electron chi connectivity index (χ3n) is 3.31. The van der Waals surface area contributed by atoms with Crippen molar-refractivity contribution in [2.75, 3.05) is 20.1 Å². The highest BCUT2D eigenvalue weighted by Gasteiger charge is 2.21. The topological polar surface area (TPSA) is 45.2 Å². The first kappa shape index (κ1) is 12.0. The first-order chi connectivity index (χ1) is 8.06. The Kier molecular flexibility index (Phi) is 3.43. The van der Waals surface area contributed by atoms with E-state index in [4.69, 9.17) is 0 Å². The number of carbonyl (C=O) groups is 1. The molecule has 0 radical (unpaired) electrons. The van der Waals surface area contributed by atoms with E-state index in [1.807, 2.05) is 19.9 Å². The van der Waals surface area contributed by atoms with Crippen LogP contribution in [0.5, 0.6) is 0 Å². The summed E-state index contributed by atoms with van der Waals surface area (Å²) in [6.45, 7) is 5.90. The SMILES string of the molecule is Cc1ccc(C(=O)N[C@@H]2CCN(C)C2)nc1C. The van der Waals surface area contributed by atoms with Crippen LogP contribution < -0.4 is 5.32 Å². The molecule has 1 aliphatic rings. The fraction of sp³-hybridized carbons (Fsp3) is 0.538. The summed E-state index contributed by atoms with van der Waals surface area (Å²) in [7, 11) is 2.07. The molecule has 0 spiro atoms. The monoisotopic (exact) mass is 233 g/mol. The maximum absolute atomic E-state index is 12.0. The second-order valence-electron chi connectivity index (χ2n) is 4.82. The van der Waals surface area contributed by atoms with Gasteiger partial charge in [0.2, 0.25) is 0 Å². The lowest BCUT2D eigenvalue weighted by molar-refractivity contribution is 0.0933. The molecule has 0 bridgehead atoms. The fourth-order valence-corrected chi connectivity index (χ4v) is 2.07. The Morgan fingerprint density at radius 1 is 1.47 bits per heavy atom. The predicted molar refractivity (Wildman–Crippen MR) is 67.1 cm³/mol. The number of nitrogens with zero attached hydrogens (tertiary/aromatic N) is 2. The van der Waals surface area contributed by atoms with Gasteiger partial charge >= 0.3 is 0 Å². The molecule has 92 valence electrons. The lowest BCUT2D eigenvalue weighted by Crippen LogP contribution is -2.37. The number of pyridine rings is 1. The lowest BCUT2D eigenvalue weighted by Gasteiger charge is -2.12. The average molecular weight is 233 g/mol. The molecular weight excluding hydrogens is 214 g/mol. The Morgan fingerprint density at radius 2 is 2.24 bits per heavy atom. The van der Waals surface area contributed by atoms with Crippen LogP contribution in [0, 0.1) is 13.8 Å². The van der Waals surface area contributed by atoms with Crippen LogP contribution in [0.2, 0.25) is 0 Å². The normalized spacial score (nSPS) is 20.5. The van der Waals surface area contributed by atoms with Crippen molar-refractivity contribution >= 4 is 5.91 Å². The van der Waals surface area contributed by atoms with Gasteiger partial charge in [-0.2, -0.15) is 0 Å². The average Bonchev–Trinajstić information content (AvgIpc) is 2.68. The number of amides is 1. The number of hydrogen-bond donors (Lipinski definition) is 1. The summed E-state index contributed by atoms with van der Waals surface area (Å²) in [6.07, 6.45) is 1.02. The second kappa shape index (κ2) is 4.84. The number of aromatic nitrogens is 1. The largest absolute Gasteiger partial charge is 0.347 e. The van der Waals surface area contributed by atoms with Gasteiger partial charge in [0, 0.05) is 18.3 Å². The predicted octanol–water partition coefficient (Wildman–Crippen LogP) is 1.13. The zero-order valence-electron chi connectivity index (χ0n) is 10.7. The van der Waals surface area contributed by atoms with Crippen LogP contribution in [-0.4, -0.2) is 42.0 Å². The van der Waals surface area contributed by atoms with Gasteiger partial charge in [-0.05, 0) is 45.5 Å². The summed E-state index contributed by atoms with van der Waals surface area (Å²) in [6, 6.07) is 3.99. The molecule has 1 N–H and O–H groups in total. The summed E-state index contributed by atoms with van der Waals surface area (Å²) in [5.74, 6) is -0.0617. The molecule has 2 heterocycles. The van der Waals surface area contributed by atoms with Crippen LogP contribution >= 0.6 is 0 Å². The summed E-state index contributed by atoms with van der Waals surface area (Å²) in [4.78, 5) is 18.5. The summed E-state index contributed by atoms with van der Waals surface area (Å²) >= 11 is 0. The Morgan fingerprint density at radius 3 is 2.82 bits per heavy atom. The van der Waals surface area contributed by atoms with Gasteiger partial charge in [0.05, 0.1) is 0 Å². The van der Waals surface area contributed by atoms with Crippen molar-refractivity contribution in [2.24, 2.45) is 0 Å². The minimum atomic E-state index is -0.0617. The van der Waals surface area contributed by atoms with Gasteiger partial charge in [-0.3, -0.25) is 4.79 Å². The van der Waals surface area contributed by atoms with E-state index in [0.29, 0.717) is 5.69 Å². The van der Waals surface area contributed by atoms with E-state index in [1.165, 1.54) is 0 Å². The Bertz CT molecular complexity index is 431. The van der Waals surface area contributed by atoms with E-state index < -0.39 is 0 Å². The van der Waals surface area contributed by atoms with Gasteiger partial charge in [-0.25, -0.2) is 4.98 Å². The number of nitrogens with one attached hydrogen (secondary N) is 1. The molecule has 1 saturated heterocycles. The van der Waals surface area contributed by atoms with Gasteiger partial charge in [0.1, 0.15) is 5.69 Å². The van der Waals surface area contributed by atoms with Crippen molar-refractivity contribution in [3.8, 4) is 0 Å². The first-order valence-corrected chi connectivity index (χ1v) is 6.00. The highest BCUT2D eigenvalue weighted by atomic mass is 16.1. The van der Waals surface area contributed by atoms with E-state index >= 15 is 0 Å². The Hall–Kier alpha value is -1.42. The standard InChI is InChI=1S/C13H19N3O/c1-9-4-5-12(14-10(9)2)13(17)15-11-6-7-16(3)8-11/h4-5,11H,6-8H2,1-3H3,(H,15,17)/t11-/m1/s1. The van der Waals surface area contributed by atoms with Crippen LogP contribution in [-0.2, 0) is 0 Å². The van der Waals surface area contributed by atoms with Gasteiger partial charge in [0.15, 0.2) is 0 Å². The van der Waals surface area contributed by atoms with E-state index in [9.17, 15) is 4.79 Å². The van der Waals surface area contributed by atoms with Crippen molar-refractivity contribution in [3.05, 3.63) is 29.1 Å². The molecule has 1 aromatic heterocycles. The van der Waals surface area contributed by atoms with Gasteiger partial charge in [-0.1, -0.05) is 6.07 Å². The molecule has 1 fully saturated rings. The quantitative estimate of drug-likeness (QED) is 0.833. The fourth-order valence-electron chi connectivity index (χ4n) is 2.07. The van der Waals surface area contributed by atoms with Crippen LogP contribution in [0.3, 0.4) is 0 Å². The molecule has 1 amide bonds. The van der Waals surface area contributed by atoms with Crippen molar-refractivity contribution in [3.63, 3.8) is 0 Å². The van der Waals surface area contributed by atoms with E-state index in [-0.39, 0.29) is 11.9 Å². The maximum atomic E-state index is 12.0. The maximum Gasteiger partial charge on any atom is 0.270 e. The zero-order valence-corrected chi connectivity index (χ0v) is 10.7. The third-order valence-corrected chi connectivity index (χ3v) is 3.31. The van der Waals surface area contributed by atoms with Gasteiger partial charge in [-0.15, -0.1) is 0 Å². The molecular formula is C13H19N3O. The smallest absolute Gasteiger partial charge is 0.270 e. The molecule has 1 aromatic rings. The highest BCUT2D eigenvalue weighted by Crippen LogP contribution is 2.09. The lowest BCUT2D eigenvalue weighted by atomic mass is 10.2. The van der Waals surface area contributed by atoms with Gasteiger partial charge < -0.3 is 10.2 Å². The summed E-state index contributed by atoms with van der Waals surface area (Å²) in [5, 5.41) is 3.03. The summed E-state index contributed by atoms with van der Waals surface area (Å²) < 4.78 is 0. The number of aryl methyl sites for hydroxylation is 2. The van der Waals surface area contributed by atoms with Crippen molar-refractivity contribution in [1.82, 2.24) is 15.2 Å². The van der Waals surface area contributed by atoms with Crippen molar-refractivity contribution in [2.45, 2.75) is 26.3 Å². The van der Waals surface area contributed by atoms with Crippen molar-refractivity contribution < 1.29 is 4.79 Å². The Labute approximate surface area is 102 Å². The Balaban J connectivity index is 2.02. The van der Waals surface area contributed by atoms with Crippen LogP contribution in [0.15, 0.2) is 12.1 Å². The molecule has 0 unspecified atom stereocenters. The van der Waals surface area contributed by atoms with Crippen LogP contribution in [0.25, 0.3) is 0 Å². The summed E-state index contributed by atoms with van der Waals surface area (Å²) in [5.41, 5.74) is 2.55. The molecule has 4 heteroatoms. The number of likely N-dealkylation sites (N-methyl/N-ethyl adjacent to an activating group) is 1. The first-order valence-electron chi connectivity index (χ1n) is 6.00. The molecule has 4 nitrogen and oxygen atoms in total. The molecule has 1 atom stereocenters. The van der Waals surface area contributed by atoms with E-state index in [1.54, 1.807) is 6.07 Å². The number of hydrogen-bond acceptors (Lipinski definition) is 3.